The van der Waals surface area contributed by atoms with Gasteiger partial charge in [0.15, 0.2) is 0 Å². The standard InChI is InChI=1S/C76H102N4O12/c1-9-13-17-21-29-59-49(5)73-71(53-41-55(89-37-25-33-67(81)82)45-56(42-53)90-38-26-34-68(83)84)74-51(7)61(31-23-19-15-11-3)65(79-74)48-66-62(32-24-20-16-12-4)52(8)76(80-66)72(75-50(6)60(30-22-18-14-10-2)64(78-75)47-63(59)77-73)54-43-57(91-39-27-35-69(85)86)46-58(44-54)92-40-28-36-70(87)88/h41-48,77,80H,9-40H2,1-8H3,(H,81,82)(H,83,84)(H,85,86)(H,87,88). The summed E-state index contributed by atoms with van der Waals surface area (Å²) in [5.41, 5.74) is 19.2. The molecular formula is C76H102N4O12. The molecule has 16 nitrogen and oxygen atoms in total. The van der Waals surface area contributed by atoms with E-state index in [0.29, 0.717) is 48.7 Å². The average Bonchev–Trinajstić information content (AvgIpc) is 1.60. The summed E-state index contributed by atoms with van der Waals surface area (Å²) < 4.78 is 25.7. The number of carboxylic acids is 4. The molecule has 0 aliphatic carbocycles. The molecule has 498 valence electrons. The Morgan fingerprint density at radius 1 is 0.380 bits per heavy atom. The van der Waals surface area contributed by atoms with Crippen LogP contribution in [-0.4, -0.2) is 90.7 Å². The smallest absolute Gasteiger partial charge is 0.303 e. The molecule has 0 radical (unpaired) electrons. The van der Waals surface area contributed by atoms with Gasteiger partial charge in [-0.3, -0.25) is 19.2 Å². The molecule has 0 fully saturated rings. The molecule has 0 unspecified atom stereocenters. The zero-order valence-electron chi connectivity index (χ0n) is 56.2. The van der Waals surface area contributed by atoms with Crippen LogP contribution in [0, 0.1) is 13.8 Å². The van der Waals surface area contributed by atoms with Crippen molar-refractivity contribution in [2.75, 3.05) is 26.4 Å². The number of hydrogen-bond acceptors (Lipinski definition) is 10. The molecule has 92 heavy (non-hydrogen) atoms. The first-order valence-electron chi connectivity index (χ1n) is 34.4. The molecule has 5 aromatic rings. The van der Waals surface area contributed by atoms with Gasteiger partial charge in [0.2, 0.25) is 0 Å². The highest BCUT2D eigenvalue weighted by atomic mass is 16.5. The van der Waals surface area contributed by atoms with Crippen LogP contribution in [0.1, 0.15) is 254 Å². The van der Waals surface area contributed by atoms with Gasteiger partial charge in [0.25, 0.3) is 0 Å². The fraction of sp³-hybridized carbons (Fsp3) is 0.526. The maximum atomic E-state index is 11.7. The van der Waals surface area contributed by atoms with Crippen LogP contribution >= 0.6 is 0 Å². The van der Waals surface area contributed by atoms with E-state index in [1.165, 1.54) is 11.1 Å². The highest BCUT2D eigenvalue weighted by Gasteiger charge is 2.28. The fourth-order valence-electron chi connectivity index (χ4n) is 12.7. The Kier molecular flexibility index (Phi) is 28.3. The third-order valence-electron chi connectivity index (χ3n) is 17.7. The van der Waals surface area contributed by atoms with E-state index < -0.39 is 23.9 Å². The summed E-state index contributed by atoms with van der Waals surface area (Å²) in [6.45, 7) is 18.3. The van der Waals surface area contributed by atoms with Gasteiger partial charge in [-0.1, -0.05) is 105 Å². The van der Waals surface area contributed by atoms with E-state index in [2.05, 4.69) is 77.5 Å². The molecule has 3 aromatic heterocycles. The second-order valence-corrected chi connectivity index (χ2v) is 25.0. The molecule has 8 bridgehead atoms. The minimum absolute atomic E-state index is 0.0525. The number of carboxylic acid groups (broad SMARTS) is 4. The van der Waals surface area contributed by atoms with Gasteiger partial charge in [0, 0.05) is 60.0 Å². The first-order valence-corrected chi connectivity index (χ1v) is 34.4. The first-order chi connectivity index (χ1) is 44.5. The lowest BCUT2D eigenvalue weighted by Gasteiger charge is -2.14. The predicted molar refractivity (Wildman–Crippen MR) is 369 cm³/mol. The van der Waals surface area contributed by atoms with Gasteiger partial charge >= 0.3 is 23.9 Å². The van der Waals surface area contributed by atoms with E-state index in [0.717, 1.165) is 229 Å². The van der Waals surface area contributed by atoms with Crippen LogP contribution in [0.25, 0.3) is 66.6 Å². The Morgan fingerprint density at radius 2 is 0.674 bits per heavy atom. The van der Waals surface area contributed by atoms with Gasteiger partial charge in [-0.2, -0.15) is 0 Å². The normalized spacial score (nSPS) is 12.3. The van der Waals surface area contributed by atoms with Crippen molar-refractivity contribution in [2.24, 2.45) is 0 Å². The highest BCUT2D eigenvalue weighted by molar-refractivity contribution is 6.04. The first kappa shape index (κ1) is 71.6. The second kappa shape index (κ2) is 36.4. The van der Waals surface area contributed by atoms with Gasteiger partial charge < -0.3 is 49.3 Å². The zero-order valence-corrected chi connectivity index (χ0v) is 56.2. The Hall–Kier alpha value is -7.88. The number of unbranched alkanes of at least 4 members (excludes halogenated alkanes) is 12. The molecule has 7 rings (SSSR count). The SMILES string of the molecule is CCCCCCC1=C(C)c2nc1cc1[nH]c(c(C)c1CCCCCC)c(-c1cc(OCCCC(=O)O)cc(OCCCC(=O)O)c1)c1nc(cc3[nH]c(c(C)c3CCCCCC)c2-c2cc(OCCCC(=O)O)cc(OCCCC(=O)O)c2)C(CCCCCC)=C1C. The predicted octanol–water partition coefficient (Wildman–Crippen LogP) is 19.3. The van der Waals surface area contributed by atoms with E-state index in [1.54, 1.807) is 12.1 Å². The highest BCUT2D eigenvalue weighted by Crippen LogP contribution is 2.47. The Balaban J connectivity index is 1.70. The Labute approximate surface area is 544 Å². The molecule has 16 heteroatoms. The molecule has 2 aliphatic heterocycles. The maximum Gasteiger partial charge on any atom is 0.303 e. The molecule has 2 aromatic carbocycles. The lowest BCUT2D eigenvalue weighted by atomic mass is 9.93. The number of nitrogens with one attached hydrogen (secondary N) is 2. The van der Waals surface area contributed by atoms with E-state index in [1.807, 2.05) is 24.3 Å². The van der Waals surface area contributed by atoms with Crippen molar-refractivity contribution in [3.8, 4) is 45.3 Å². The number of benzene rings is 2. The van der Waals surface area contributed by atoms with Crippen LogP contribution in [0.15, 0.2) is 48.5 Å². The molecule has 0 atom stereocenters. The lowest BCUT2D eigenvalue weighted by molar-refractivity contribution is -0.138. The van der Waals surface area contributed by atoms with Crippen molar-refractivity contribution in [1.29, 1.82) is 0 Å². The summed E-state index contributed by atoms with van der Waals surface area (Å²) in [6, 6.07) is 16.1. The molecule has 0 saturated carbocycles. The number of allylic oxidation sites excluding steroid dienone is 4. The number of aromatic nitrogens is 4. The van der Waals surface area contributed by atoms with Crippen molar-refractivity contribution in [3.05, 3.63) is 93.6 Å². The molecule has 0 saturated heterocycles. The van der Waals surface area contributed by atoms with E-state index in [4.69, 9.17) is 28.9 Å². The maximum absolute atomic E-state index is 11.7. The third-order valence-corrected chi connectivity index (χ3v) is 17.7. The van der Waals surface area contributed by atoms with Gasteiger partial charge in [0.05, 0.1) is 60.2 Å². The van der Waals surface area contributed by atoms with Crippen LogP contribution in [0.5, 0.6) is 23.0 Å². The number of rotatable bonds is 42. The fourth-order valence-corrected chi connectivity index (χ4v) is 12.7. The van der Waals surface area contributed by atoms with Crippen LogP contribution in [0.3, 0.4) is 0 Å². The summed E-state index contributed by atoms with van der Waals surface area (Å²) in [6.07, 6.45) is 21.0. The number of nitrogens with zero attached hydrogens (tertiary/aromatic N) is 2. The number of aliphatic carboxylic acids is 4. The Bertz CT molecular complexity index is 3270. The number of aryl methyl sites for hydroxylation is 4. The van der Waals surface area contributed by atoms with Crippen LogP contribution in [-0.2, 0) is 32.0 Å². The number of hydrogen-bond donors (Lipinski definition) is 6. The number of carbonyl (C=O) groups is 4. The summed E-state index contributed by atoms with van der Waals surface area (Å²) in [4.78, 5) is 66.6. The van der Waals surface area contributed by atoms with Gasteiger partial charge in [-0.15, -0.1) is 0 Å². The molecule has 0 spiro atoms. The number of H-pyrrole nitrogens is 2. The van der Waals surface area contributed by atoms with Crippen LogP contribution in [0.2, 0.25) is 0 Å². The second-order valence-electron chi connectivity index (χ2n) is 25.0. The molecule has 6 N–H and O–H groups in total. The molecule has 0 amide bonds. The number of fused-ring (bicyclic) bond motifs is 8. The van der Waals surface area contributed by atoms with Gasteiger partial charge in [-0.05, 0) is 197 Å². The van der Waals surface area contributed by atoms with Crippen LogP contribution in [0.4, 0.5) is 0 Å². The van der Waals surface area contributed by atoms with Crippen LogP contribution < -0.4 is 18.9 Å². The van der Waals surface area contributed by atoms with Crippen molar-refractivity contribution in [2.45, 2.75) is 235 Å². The minimum atomic E-state index is -0.905. The number of aromatic amines is 2. The monoisotopic (exact) mass is 1260 g/mol. The van der Waals surface area contributed by atoms with Crippen molar-refractivity contribution < 1.29 is 58.6 Å². The summed E-state index contributed by atoms with van der Waals surface area (Å²) in [5, 5.41) is 38.3. The molecule has 5 heterocycles. The van der Waals surface area contributed by atoms with E-state index in [9.17, 15) is 39.6 Å². The summed E-state index contributed by atoms with van der Waals surface area (Å²) >= 11 is 0. The lowest BCUT2D eigenvalue weighted by Crippen LogP contribution is -2.04. The van der Waals surface area contributed by atoms with Gasteiger partial charge in [0.1, 0.15) is 23.0 Å². The van der Waals surface area contributed by atoms with E-state index >= 15 is 0 Å². The Morgan fingerprint density at radius 3 is 0.957 bits per heavy atom. The number of ether oxygens (including phenoxy) is 4. The van der Waals surface area contributed by atoms with Gasteiger partial charge in [-0.25, -0.2) is 9.97 Å². The summed E-state index contributed by atoms with van der Waals surface area (Å²) in [7, 11) is 0. The quantitative estimate of drug-likeness (QED) is 0.0199. The van der Waals surface area contributed by atoms with Crippen molar-refractivity contribution in [3.63, 3.8) is 0 Å². The minimum Gasteiger partial charge on any atom is -0.493 e. The average molecular weight is 1260 g/mol. The third kappa shape index (κ3) is 20.1. The van der Waals surface area contributed by atoms with Crippen molar-refractivity contribution >= 4 is 68.2 Å². The molecule has 2 aliphatic rings. The topological polar surface area (TPSA) is 243 Å². The van der Waals surface area contributed by atoms with E-state index in [-0.39, 0.29) is 52.1 Å². The largest absolute Gasteiger partial charge is 0.493 e. The zero-order chi connectivity index (χ0) is 66.1. The van der Waals surface area contributed by atoms with Crippen molar-refractivity contribution in [1.82, 2.24) is 19.9 Å². The summed E-state index contributed by atoms with van der Waals surface area (Å²) in [5.74, 6) is -1.66. The molecular weight excluding hydrogens is 1160 g/mol.